The number of carbonyl (C=O) groups is 2. The second-order valence-corrected chi connectivity index (χ2v) is 5.41. The van der Waals surface area contributed by atoms with Crippen LogP contribution in [-0.4, -0.2) is 36.3 Å². The highest BCUT2D eigenvalue weighted by atomic mass is 19.1. The van der Waals surface area contributed by atoms with E-state index in [1.54, 1.807) is 24.1 Å². The third kappa shape index (κ3) is 2.81. The molecule has 20 heavy (non-hydrogen) atoms. The van der Waals surface area contributed by atoms with Crippen molar-refractivity contribution in [1.29, 1.82) is 0 Å². The third-order valence-corrected chi connectivity index (χ3v) is 3.68. The van der Waals surface area contributed by atoms with Gasteiger partial charge in [-0.2, -0.15) is 0 Å². The molecule has 0 spiro atoms. The molecule has 108 valence electrons. The number of anilines is 1. The van der Waals surface area contributed by atoms with Crippen molar-refractivity contribution in [2.75, 3.05) is 18.5 Å². The zero-order valence-corrected chi connectivity index (χ0v) is 12.0. The van der Waals surface area contributed by atoms with Crippen LogP contribution in [0.5, 0.6) is 0 Å². The first-order valence-electron chi connectivity index (χ1n) is 6.72. The fraction of sp³-hybridized carbons (Fsp3) is 0.467. The van der Waals surface area contributed by atoms with Gasteiger partial charge in [-0.05, 0) is 38.1 Å². The molecule has 0 saturated carbocycles. The zero-order valence-electron chi connectivity index (χ0n) is 12.0. The highest BCUT2D eigenvalue weighted by Crippen LogP contribution is 2.24. The van der Waals surface area contributed by atoms with Crippen molar-refractivity contribution < 1.29 is 14.0 Å². The van der Waals surface area contributed by atoms with Crippen molar-refractivity contribution in [1.82, 2.24) is 4.90 Å². The molecule has 1 unspecified atom stereocenters. The number of likely N-dealkylation sites (tertiary alicyclic amines) is 1. The molecule has 5 heteroatoms. The Balaban J connectivity index is 2.08. The van der Waals surface area contributed by atoms with Crippen LogP contribution in [0.15, 0.2) is 24.3 Å². The third-order valence-electron chi connectivity index (χ3n) is 3.68. The monoisotopic (exact) mass is 278 g/mol. The van der Waals surface area contributed by atoms with Gasteiger partial charge < -0.3 is 9.80 Å². The van der Waals surface area contributed by atoms with Crippen LogP contribution >= 0.6 is 0 Å². The maximum absolute atomic E-state index is 12.9. The Morgan fingerprint density at radius 2 is 1.95 bits per heavy atom. The molecule has 1 aliphatic rings. The Bertz CT molecular complexity index is 513. The molecular formula is C15H19FN2O2. The van der Waals surface area contributed by atoms with Crippen LogP contribution in [-0.2, 0) is 9.59 Å². The number of nitrogens with zero attached hydrogens (tertiary/aromatic N) is 2. The van der Waals surface area contributed by atoms with Crippen LogP contribution in [0.25, 0.3) is 0 Å². The van der Waals surface area contributed by atoms with Crippen molar-refractivity contribution in [2.24, 2.45) is 5.92 Å². The molecule has 1 aliphatic heterocycles. The molecule has 2 amide bonds. The first-order valence-corrected chi connectivity index (χ1v) is 6.72. The molecule has 1 aromatic rings. The number of amides is 2. The molecule has 0 aliphatic carbocycles. The van der Waals surface area contributed by atoms with E-state index in [9.17, 15) is 14.0 Å². The minimum Gasteiger partial charge on any atom is -0.339 e. The Morgan fingerprint density at radius 1 is 1.35 bits per heavy atom. The summed E-state index contributed by atoms with van der Waals surface area (Å²) in [5.74, 6) is -0.740. The van der Waals surface area contributed by atoms with E-state index in [1.807, 2.05) is 13.8 Å². The lowest BCUT2D eigenvalue weighted by atomic mass is 10.1. The van der Waals surface area contributed by atoms with Crippen LogP contribution in [0.3, 0.4) is 0 Å². The van der Waals surface area contributed by atoms with Gasteiger partial charge in [0.1, 0.15) is 5.82 Å². The Morgan fingerprint density at radius 3 is 2.45 bits per heavy atom. The number of rotatable bonds is 3. The molecule has 0 aromatic heterocycles. The second-order valence-electron chi connectivity index (χ2n) is 5.41. The van der Waals surface area contributed by atoms with Gasteiger partial charge in [0, 0.05) is 31.7 Å². The van der Waals surface area contributed by atoms with E-state index in [4.69, 9.17) is 0 Å². The SMILES string of the molecule is CC(C)N1CC(C(=O)N(C)c2ccc(F)cc2)CC1=O. The van der Waals surface area contributed by atoms with E-state index in [-0.39, 0.29) is 36.0 Å². The number of benzene rings is 1. The Labute approximate surface area is 118 Å². The topological polar surface area (TPSA) is 40.6 Å². The summed E-state index contributed by atoms with van der Waals surface area (Å²) in [5.41, 5.74) is 0.631. The fourth-order valence-corrected chi connectivity index (χ4v) is 2.46. The first kappa shape index (κ1) is 14.5. The van der Waals surface area contributed by atoms with Gasteiger partial charge in [-0.1, -0.05) is 0 Å². The van der Waals surface area contributed by atoms with Crippen LogP contribution in [0.4, 0.5) is 10.1 Å². The van der Waals surface area contributed by atoms with E-state index in [1.165, 1.54) is 17.0 Å². The second kappa shape index (κ2) is 5.61. The lowest BCUT2D eigenvalue weighted by Crippen LogP contribution is -2.36. The van der Waals surface area contributed by atoms with Gasteiger partial charge >= 0.3 is 0 Å². The van der Waals surface area contributed by atoms with Gasteiger partial charge in [0.2, 0.25) is 11.8 Å². The van der Waals surface area contributed by atoms with Crippen molar-refractivity contribution >= 4 is 17.5 Å². The summed E-state index contributed by atoms with van der Waals surface area (Å²) in [6, 6.07) is 5.86. The largest absolute Gasteiger partial charge is 0.339 e. The number of hydrogen-bond donors (Lipinski definition) is 0. The predicted octanol–water partition coefficient (Wildman–Crippen LogP) is 2.05. The number of hydrogen-bond acceptors (Lipinski definition) is 2. The molecule has 2 rings (SSSR count). The molecule has 1 heterocycles. The van der Waals surface area contributed by atoms with E-state index < -0.39 is 0 Å². The van der Waals surface area contributed by atoms with Crippen molar-refractivity contribution in [3.63, 3.8) is 0 Å². The van der Waals surface area contributed by atoms with Gasteiger partial charge in [0.15, 0.2) is 0 Å². The average molecular weight is 278 g/mol. The lowest BCUT2D eigenvalue weighted by Gasteiger charge is -2.23. The minimum absolute atomic E-state index is 0.0193. The van der Waals surface area contributed by atoms with Gasteiger partial charge in [-0.3, -0.25) is 9.59 Å². The first-order chi connectivity index (χ1) is 9.40. The molecule has 1 saturated heterocycles. The van der Waals surface area contributed by atoms with E-state index >= 15 is 0 Å². The maximum atomic E-state index is 12.9. The summed E-state index contributed by atoms with van der Waals surface area (Å²) < 4.78 is 12.9. The smallest absolute Gasteiger partial charge is 0.232 e. The van der Waals surface area contributed by atoms with Crippen molar-refractivity contribution in [3.8, 4) is 0 Å². The molecule has 0 radical (unpaired) electrons. The Hall–Kier alpha value is -1.91. The predicted molar refractivity (Wildman–Crippen MR) is 74.8 cm³/mol. The molecule has 4 nitrogen and oxygen atoms in total. The van der Waals surface area contributed by atoms with Gasteiger partial charge in [-0.15, -0.1) is 0 Å². The zero-order chi connectivity index (χ0) is 14.9. The summed E-state index contributed by atoms with van der Waals surface area (Å²) in [4.78, 5) is 27.4. The summed E-state index contributed by atoms with van der Waals surface area (Å²) in [5, 5.41) is 0. The van der Waals surface area contributed by atoms with Crippen molar-refractivity contribution in [3.05, 3.63) is 30.1 Å². The summed E-state index contributed by atoms with van der Waals surface area (Å²) in [7, 11) is 1.65. The van der Waals surface area contributed by atoms with Crippen LogP contribution in [0, 0.1) is 11.7 Å². The Kier molecular flexibility index (Phi) is 4.06. The quantitative estimate of drug-likeness (QED) is 0.849. The molecule has 1 atom stereocenters. The van der Waals surface area contributed by atoms with Crippen LogP contribution < -0.4 is 4.90 Å². The van der Waals surface area contributed by atoms with Gasteiger partial charge in [-0.25, -0.2) is 4.39 Å². The summed E-state index contributed by atoms with van der Waals surface area (Å²) >= 11 is 0. The molecule has 1 fully saturated rings. The van der Waals surface area contributed by atoms with E-state index in [2.05, 4.69) is 0 Å². The van der Waals surface area contributed by atoms with E-state index in [0.29, 0.717) is 12.2 Å². The number of halogens is 1. The van der Waals surface area contributed by atoms with E-state index in [0.717, 1.165) is 0 Å². The normalized spacial score (nSPS) is 18.8. The maximum Gasteiger partial charge on any atom is 0.232 e. The molecule has 1 aromatic carbocycles. The van der Waals surface area contributed by atoms with Gasteiger partial charge in [0.25, 0.3) is 0 Å². The molecule has 0 N–H and O–H groups in total. The lowest BCUT2D eigenvalue weighted by molar-refractivity contribution is -0.129. The highest BCUT2D eigenvalue weighted by molar-refractivity contribution is 5.98. The van der Waals surface area contributed by atoms with Crippen LogP contribution in [0.1, 0.15) is 20.3 Å². The standard InChI is InChI=1S/C15H19FN2O2/c1-10(2)18-9-11(8-14(18)19)15(20)17(3)13-6-4-12(16)5-7-13/h4-7,10-11H,8-9H2,1-3H3. The molecule has 0 bridgehead atoms. The highest BCUT2D eigenvalue weighted by Gasteiger charge is 2.36. The fourth-order valence-electron chi connectivity index (χ4n) is 2.46. The van der Waals surface area contributed by atoms with Crippen molar-refractivity contribution in [2.45, 2.75) is 26.3 Å². The average Bonchev–Trinajstić information content (AvgIpc) is 2.80. The van der Waals surface area contributed by atoms with Crippen LogP contribution in [0.2, 0.25) is 0 Å². The molecular weight excluding hydrogens is 259 g/mol. The van der Waals surface area contributed by atoms with Gasteiger partial charge in [0.05, 0.1) is 5.92 Å². The summed E-state index contributed by atoms with van der Waals surface area (Å²) in [6.45, 7) is 4.34. The summed E-state index contributed by atoms with van der Waals surface area (Å²) in [6.07, 6.45) is 0.253. The number of carbonyl (C=O) groups excluding carboxylic acids is 2. The minimum atomic E-state index is -0.336.